The molecule has 0 aliphatic carbocycles. The zero-order valence-electron chi connectivity index (χ0n) is 33.4. The molecule has 0 unspecified atom stereocenters. The number of aliphatic hydroxyl groups excluding tert-OH is 4. The Balaban J connectivity index is 1.97. The number of ether oxygens (including phenoxy) is 1. The molecule has 0 spiro atoms. The van der Waals surface area contributed by atoms with Crippen LogP contribution in [0, 0.1) is 0 Å². The summed E-state index contributed by atoms with van der Waals surface area (Å²) in [5.41, 5.74) is 4.53. The van der Waals surface area contributed by atoms with Crippen LogP contribution >= 0.6 is 7.82 Å². The van der Waals surface area contributed by atoms with Crippen molar-refractivity contribution in [2.75, 3.05) is 6.61 Å². The van der Waals surface area contributed by atoms with E-state index >= 15 is 0 Å². The lowest BCUT2D eigenvalue weighted by Crippen LogP contribution is -2.50. The third-order valence-electron chi connectivity index (χ3n) is 9.28. The number of carbonyl (C=O) groups is 1. The van der Waals surface area contributed by atoms with Gasteiger partial charge in [-0.15, -0.1) is 0 Å². The van der Waals surface area contributed by atoms with E-state index in [0.717, 1.165) is 33.4 Å². The molecular formula is C42H61O10P. The Morgan fingerprint density at radius 1 is 0.528 bits per heavy atom. The molecule has 0 saturated carbocycles. The van der Waals surface area contributed by atoms with E-state index in [4.69, 9.17) is 18.3 Å². The van der Waals surface area contributed by atoms with Crippen LogP contribution in [0.15, 0.2) is 54.6 Å². The number of phosphoric ester groups is 1. The minimum absolute atomic E-state index is 0.0171. The number of hydrogen-bond acceptors (Lipinski definition) is 10. The first-order chi connectivity index (χ1) is 24.7. The monoisotopic (exact) mass is 756 g/mol. The van der Waals surface area contributed by atoms with E-state index < -0.39 is 44.8 Å². The van der Waals surface area contributed by atoms with E-state index in [2.05, 4.69) is 0 Å². The summed E-state index contributed by atoms with van der Waals surface area (Å²) in [6.45, 7) is 22.7. The predicted octanol–water partition coefficient (Wildman–Crippen LogP) is 9.06. The van der Waals surface area contributed by atoms with Gasteiger partial charge in [0.1, 0.15) is 35.6 Å². The second-order valence-electron chi connectivity index (χ2n) is 15.6. The molecule has 3 rings (SSSR count). The van der Waals surface area contributed by atoms with Crippen LogP contribution in [0.4, 0.5) is 0 Å². The lowest BCUT2D eigenvalue weighted by atomic mass is 9.94. The van der Waals surface area contributed by atoms with Crippen molar-refractivity contribution >= 4 is 13.8 Å². The van der Waals surface area contributed by atoms with Crippen LogP contribution in [-0.2, 0) is 13.9 Å². The van der Waals surface area contributed by atoms with Crippen LogP contribution in [-0.4, -0.2) is 57.4 Å². The van der Waals surface area contributed by atoms with Gasteiger partial charge in [-0.3, -0.25) is 4.52 Å². The van der Waals surface area contributed by atoms with Crippen LogP contribution in [0.5, 0.6) is 17.2 Å². The summed E-state index contributed by atoms with van der Waals surface area (Å²) in [5.74, 6) is -0.443. The summed E-state index contributed by atoms with van der Waals surface area (Å²) in [6, 6.07) is 16.8. The molecule has 0 saturated heterocycles. The molecule has 0 radical (unpaired) electrons. The summed E-state index contributed by atoms with van der Waals surface area (Å²) in [5, 5.41) is 43.8. The number of para-hydroxylation sites is 3. The van der Waals surface area contributed by atoms with Gasteiger partial charge in [0.2, 0.25) is 0 Å². The van der Waals surface area contributed by atoms with Crippen molar-refractivity contribution in [1.82, 2.24) is 0 Å². The van der Waals surface area contributed by atoms with Gasteiger partial charge in [0.25, 0.3) is 0 Å². The first-order valence-electron chi connectivity index (χ1n) is 18.7. The van der Waals surface area contributed by atoms with Gasteiger partial charge >= 0.3 is 13.8 Å². The summed E-state index contributed by atoms with van der Waals surface area (Å²) in [4.78, 5) is 13.2. The minimum atomic E-state index is -4.68. The number of carbonyl (C=O) groups excluding carboxylic acids is 1. The van der Waals surface area contributed by atoms with E-state index in [0.29, 0.717) is 11.5 Å². The third-order valence-corrected chi connectivity index (χ3v) is 10.6. The summed E-state index contributed by atoms with van der Waals surface area (Å²) >= 11 is 0. The van der Waals surface area contributed by atoms with Gasteiger partial charge < -0.3 is 34.2 Å². The normalized spacial score (nSPS) is 14.7. The number of hydrogen-bond donors (Lipinski definition) is 4. The molecule has 294 valence electrons. The van der Waals surface area contributed by atoms with Gasteiger partial charge in [-0.25, -0.2) is 9.36 Å². The molecule has 0 aliphatic rings. The van der Waals surface area contributed by atoms with Gasteiger partial charge in [-0.1, -0.05) is 138 Å². The quantitative estimate of drug-likeness (QED) is 0.0562. The average molecular weight is 757 g/mol. The molecule has 0 aromatic heterocycles. The van der Waals surface area contributed by atoms with Crippen molar-refractivity contribution in [3.05, 3.63) is 88.0 Å². The zero-order valence-corrected chi connectivity index (χ0v) is 34.3. The third kappa shape index (κ3) is 10.9. The molecule has 3 aromatic carbocycles. The topological polar surface area (TPSA) is 152 Å². The Hall–Kier alpha value is -3.24. The average Bonchev–Trinajstić information content (AvgIpc) is 3.09. The number of phosphoric acid groups is 1. The van der Waals surface area contributed by atoms with Crippen LogP contribution in [0.2, 0.25) is 0 Å². The van der Waals surface area contributed by atoms with Gasteiger partial charge in [-0.05, 0) is 68.9 Å². The van der Waals surface area contributed by atoms with Crippen molar-refractivity contribution in [2.24, 2.45) is 0 Å². The zero-order chi connectivity index (χ0) is 39.9. The molecule has 10 nitrogen and oxygen atoms in total. The second kappa shape index (κ2) is 18.9. The van der Waals surface area contributed by atoms with Gasteiger partial charge in [0.15, 0.2) is 6.10 Å². The Labute approximate surface area is 316 Å². The molecular weight excluding hydrogens is 695 g/mol. The Bertz CT molecular complexity index is 1570. The second-order valence-corrected chi connectivity index (χ2v) is 17.1. The highest BCUT2D eigenvalue weighted by molar-refractivity contribution is 7.49. The number of esters is 1. The lowest BCUT2D eigenvalue weighted by Gasteiger charge is -2.29. The highest BCUT2D eigenvalue weighted by Gasteiger charge is 2.40. The molecule has 0 aliphatic heterocycles. The fraction of sp³-hybridized carbons (Fsp3) is 0.548. The maximum atomic E-state index is 14.9. The van der Waals surface area contributed by atoms with Gasteiger partial charge in [-0.2, -0.15) is 0 Å². The van der Waals surface area contributed by atoms with E-state index in [9.17, 15) is 29.8 Å². The van der Waals surface area contributed by atoms with E-state index in [1.54, 1.807) is 0 Å². The van der Waals surface area contributed by atoms with Crippen LogP contribution < -0.4 is 13.8 Å². The highest BCUT2D eigenvalue weighted by atomic mass is 31.2. The highest BCUT2D eigenvalue weighted by Crippen LogP contribution is 2.55. The molecule has 4 N–H and O–H groups in total. The molecule has 3 aromatic rings. The fourth-order valence-electron chi connectivity index (χ4n) is 6.05. The number of benzene rings is 3. The predicted molar refractivity (Wildman–Crippen MR) is 208 cm³/mol. The summed E-state index contributed by atoms with van der Waals surface area (Å²) in [7, 11) is -4.68. The molecule has 11 heteroatoms. The maximum Gasteiger partial charge on any atom is 0.587 e. The van der Waals surface area contributed by atoms with E-state index in [1.165, 1.54) is 0 Å². The van der Waals surface area contributed by atoms with Crippen LogP contribution in [0.25, 0.3) is 0 Å². The molecule has 0 bridgehead atoms. The van der Waals surface area contributed by atoms with Crippen LogP contribution in [0.1, 0.15) is 152 Å². The van der Waals surface area contributed by atoms with Gasteiger partial charge in [0.05, 0.1) is 6.61 Å². The fourth-order valence-corrected chi connectivity index (χ4v) is 7.40. The molecule has 4 atom stereocenters. The molecule has 0 heterocycles. The maximum absolute atomic E-state index is 14.9. The first-order valence-corrected chi connectivity index (χ1v) is 20.1. The minimum Gasteiger partial charge on any atom is -0.424 e. The number of aliphatic hydroxyl groups is 4. The smallest absolute Gasteiger partial charge is 0.424 e. The van der Waals surface area contributed by atoms with Crippen molar-refractivity contribution in [1.29, 1.82) is 0 Å². The molecule has 0 fully saturated rings. The molecule has 53 heavy (non-hydrogen) atoms. The Morgan fingerprint density at radius 3 is 1.13 bits per heavy atom. The summed E-state index contributed by atoms with van der Waals surface area (Å²) in [6.07, 6.45) is -8.51. The summed E-state index contributed by atoms with van der Waals surface area (Å²) < 4.78 is 39.0. The van der Waals surface area contributed by atoms with E-state index in [-0.39, 0.29) is 41.3 Å². The van der Waals surface area contributed by atoms with E-state index in [1.807, 2.05) is 138 Å². The largest absolute Gasteiger partial charge is 0.587 e. The van der Waals surface area contributed by atoms with Crippen molar-refractivity contribution in [3.8, 4) is 17.2 Å². The lowest BCUT2D eigenvalue weighted by molar-refractivity contribution is -0.161. The van der Waals surface area contributed by atoms with Crippen LogP contribution in [0.3, 0.4) is 0 Å². The van der Waals surface area contributed by atoms with Crippen molar-refractivity contribution in [2.45, 2.75) is 143 Å². The SMILES string of the molecule is CC(C)c1cccc(C(C)C)c1OC(=O)[C@H](O)[C@@H](O)[C@H](O)[C@H](O)COP(=O)(Oc1c(C(C)C)cccc1C(C)C)Oc1c(C(C)C)cccc1C(C)C. The van der Waals surface area contributed by atoms with Gasteiger partial charge in [0, 0.05) is 0 Å². The Kier molecular flexibility index (Phi) is 15.7. The standard InChI is InChI=1S/C42H61O10P/c1-23(2)29-16-13-17-30(24(3)4)39(29)50-42(47)38(46)37(45)36(44)35(43)22-49-53(48,51-40-31(25(5)6)18-14-19-32(40)26(7)8)52-41-33(27(9)10)20-15-21-34(41)28(11)12/h13-21,23-28,35-38,43-46H,22H2,1-12H3/t35-,36-,37+,38-/m1/s1. The first kappa shape index (κ1) is 44.2. The molecule has 0 amide bonds. The van der Waals surface area contributed by atoms with Crippen molar-refractivity contribution < 1.29 is 48.1 Å². The van der Waals surface area contributed by atoms with Crippen molar-refractivity contribution in [3.63, 3.8) is 0 Å². The Morgan fingerprint density at radius 2 is 0.830 bits per heavy atom. The number of rotatable bonds is 18.